The third-order valence-corrected chi connectivity index (χ3v) is 3.70. The largest absolute Gasteiger partial charge is 0.485 e. The molecule has 0 fully saturated rings. The van der Waals surface area contributed by atoms with E-state index in [1.807, 2.05) is 6.92 Å². The highest BCUT2D eigenvalue weighted by atomic mass is 35.5. The van der Waals surface area contributed by atoms with Crippen molar-refractivity contribution in [3.05, 3.63) is 58.1 Å². The van der Waals surface area contributed by atoms with Crippen molar-refractivity contribution in [1.82, 2.24) is 15.3 Å². The van der Waals surface area contributed by atoms with E-state index in [0.29, 0.717) is 28.3 Å². The Bertz CT molecular complexity index is 706. The first kappa shape index (κ1) is 19.3. The minimum Gasteiger partial charge on any atom is -0.485 e. The van der Waals surface area contributed by atoms with Crippen molar-refractivity contribution < 1.29 is 9.47 Å². The van der Waals surface area contributed by atoms with Crippen LogP contribution in [0.4, 0.5) is 0 Å². The molecule has 2 aromatic heterocycles. The zero-order chi connectivity index (χ0) is 18.1. The first-order valence-corrected chi connectivity index (χ1v) is 8.82. The van der Waals surface area contributed by atoms with Gasteiger partial charge in [0, 0.05) is 24.5 Å². The van der Waals surface area contributed by atoms with Gasteiger partial charge in [-0.2, -0.15) is 0 Å². The van der Waals surface area contributed by atoms with Crippen LogP contribution in [0.1, 0.15) is 26.0 Å². The van der Waals surface area contributed by atoms with Crippen molar-refractivity contribution in [2.75, 3.05) is 13.2 Å². The standard InChI is InChI=1S/C18H21Cl2N3O2/c1-3-5-14(21-4-2)12-25-18-8-17(16(20)10-23-18)24-11-15-7-6-13(19)9-22-15/h5-10,21H,3-4,11-12H2,1-2H3/b14-5+. The van der Waals surface area contributed by atoms with Crippen LogP contribution in [0.3, 0.4) is 0 Å². The molecule has 134 valence electrons. The number of hydrogen-bond acceptors (Lipinski definition) is 5. The van der Waals surface area contributed by atoms with Gasteiger partial charge < -0.3 is 14.8 Å². The SMILES string of the molecule is CC/C=C(\COc1cc(OCc2ccc(Cl)cn2)c(Cl)cn1)NCC. The fourth-order valence-electron chi connectivity index (χ4n) is 2.04. The Balaban J connectivity index is 1.99. The second-order valence-corrected chi connectivity index (χ2v) is 6.01. The number of nitrogens with zero attached hydrogens (tertiary/aromatic N) is 2. The summed E-state index contributed by atoms with van der Waals surface area (Å²) in [5, 5.41) is 4.26. The van der Waals surface area contributed by atoms with Gasteiger partial charge >= 0.3 is 0 Å². The van der Waals surface area contributed by atoms with Crippen molar-refractivity contribution in [3.8, 4) is 11.6 Å². The van der Waals surface area contributed by atoms with Crippen LogP contribution in [0.25, 0.3) is 0 Å². The zero-order valence-corrected chi connectivity index (χ0v) is 15.8. The topological polar surface area (TPSA) is 56.3 Å². The Morgan fingerprint density at radius 3 is 2.68 bits per heavy atom. The smallest absolute Gasteiger partial charge is 0.217 e. The van der Waals surface area contributed by atoms with E-state index in [0.717, 1.165) is 24.4 Å². The molecule has 0 aliphatic rings. The van der Waals surface area contributed by atoms with Gasteiger partial charge in [-0.05, 0) is 25.5 Å². The van der Waals surface area contributed by atoms with Crippen molar-refractivity contribution in [3.63, 3.8) is 0 Å². The minimum atomic E-state index is 0.277. The molecule has 7 heteroatoms. The van der Waals surface area contributed by atoms with Gasteiger partial charge in [0.25, 0.3) is 0 Å². The second kappa shape index (κ2) is 10.1. The van der Waals surface area contributed by atoms with Crippen molar-refractivity contribution in [2.24, 2.45) is 0 Å². The third-order valence-electron chi connectivity index (χ3n) is 3.19. The van der Waals surface area contributed by atoms with Gasteiger partial charge in [-0.1, -0.05) is 36.2 Å². The quantitative estimate of drug-likeness (QED) is 0.685. The molecule has 0 aliphatic heterocycles. The molecule has 0 spiro atoms. The number of halogens is 2. The molecule has 0 aliphatic carbocycles. The van der Waals surface area contributed by atoms with E-state index in [9.17, 15) is 0 Å². The van der Waals surface area contributed by atoms with Crippen LogP contribution in [0.5, 0.6) is 11.6 Å². The Labute approximate surface area is 158 Å². The lowest BCUT2D eigenvalue weighted by molar-refractivity contribution is 0.292. The van der Waals surface area contributed by atoms with E-state index in [1.165, 1.54) is 6.20 Å². The Morgan fingerprint density at radius 2 is 2.00 bits per heavy atom. The Kier molecular flexibility index (Phi) is 7.82. The number of aromatic nitrogens is 2. The molecule has 0 unspecified atom stereocenters. The molecule has 5 nitrogen and oxygen atoms in total. The lowest BCUT2D eigenvalue weighted by Crippen LogP contribution is -2.18. The second-order valence-electron chi connectivity index (χ2n) is 5.17. The fourth-order valence-corrected chi connectivity index (χ4v) is 2.31. The molecule has 0 saturated carbocycles. The molecule has 0 amide bonds. The summed E-state index contributed by atoms with van der Waals surface area (Å²) in [5.74, 6) is 0.941. The molecular weight excluding hydrogens is 361 g/mol. The van der Waals surface area contributed by atoms with Crippen molar-refractivity contribution in [1.29, 1.82) is 0 Å². The number of ether oxygens (including phenoxy) is 2. The molecule has 0 atom stereocenters. The predicted molar refractivity (Wildman–Crippen MR) is 100 cm³/mol. The molecule has 0 aromatic carbocycles. The maximum Gasteiger partial charge on any atom is 0.217 e. The van der Waals surface area contributed by atoms with Crippen LogP contribution in [-0.2, 0) is 6.61 Å². The summed E-state index contributed by atoms with van der Waals surface area (Å²) in [6.07, 6.45) is 6.11. The molecule has 25 heavy (non-hydrogen) atoms. The average molecular weight is 382 g/mol. The van der Waals surface area contributed by atoms with Gasteiger partial charge in [-0.15, -0.1) is 0 Å². The van der Waals surface area contributed by atoms with E-state index in [2.05, 4.69) is 28.3 Å². The number of nitrogens with one attached hydrogen (secondary N) is 1. The van der Waals surface area contributed by atoms with Gasteiger partial charge in [-0.25, -0.2) is 4.98 Å². The maximum absolute atomic E-state index is 6.14. The Morgan fingerprint density at radius 1 is 1.16 bits per heavy atom. The monoisotopic (exact) mass is 381 g/mol. The zero-order valence-electron chi connectivity index (χ0n) is 14.3. The van der Waals surface area contributed by atoms with E-state index >= 15 is 0 Å². The molecule has 0 radical (unpaired) electrons. The number of rotatable bonds is 9. The van der Waals surface area contributed by atoms with Crippen LogP contribution < -0.4 is 14.8 Å². The van der Waals surface area contributed by atoms with Gasteiger partial charge in [0.05, 0.1) is 16.9 Å². The molecule has 0 bridgehead atoms. The third kappa shape index (κ3) is 6.44. The van der Waals surface area contributed by atoms with E-state index in [-0.39, 0.29) is 6.61 Å². The van der Waals surface area contributed by atoms with Crippen molar-refractivity contribution >= 4 is 23.2 Å². The summed E-state index contributed by atoms with van der Waals surface area (Å²) >= 11 is 12.0. The maximum atomic E-state index is 6.14. The first-order chi connectivity index (χ1) is 12.1. The normalized spacial score (nSPS) is 11.3. The minimum absolute atomic E-state index is 0.277. The lowest BCUT2D eigenvalue weighted by Gasteiger charge is -2.12. The van der Waals surface area contributed by atoms with Crippen molar-refractivity contribution in [2.45, 2.75) is 26.9 Å². The predicted octanol–water partition coefficient (Wildman–Crippen LogP) is 4.64. The lowest BCUT2D eigenvalue weighted by atomic mass is 10.3. The summed E-state index contributed by atoms with van der Waals surface area (Å²) in [4.78, 5) is 8.36. The summed E-state index contributed by atoms with van der Waals surface area (Å²) in [7, 11) is 0. The van der Waals surface area contributed by atoms with Crippen LogP contribution in [0.2, 0.25) is 10.0 Å². The van der Waals surface area contributed by atoms with E-state index in [1.54, 1.807) is 24.4 Å². The number of hydrogen-bond donors (Lipinski definition) is 1. The summed E-state index contributed by atoms with van der Waals surface area (Å²) in [6, 6.07) is 5.24. The molecule has 2 heterocycles. The molecule has 2 aromatic rings. The van der Waals surface area contributed by atoms with E-state index in [4.69, 9.17) is 32.7 Å². The van der Waals surface area contributed by atoms with Crippen LogP contribution in [0.15, 0.2) is 42.4 Å². The van der Waals surface area contributed by atoms with Gasteiger partial charge in [-0.3, -0.25) is 4.98 Å². The number of allylic oxidation sites excluding steroid dienone is 1. The van der Waals surface area contributed by atoms with Gasteiger partial charge in [0.2, 0.25) is 5.88 Å². The van der Waals surface area contributed by atoms with Crippen LogP contribution in [-0.4, -0.2) is 23.1 Å². The fraction of sp³-hybridized carbons (Fsp3) is 0.333. The average Bonchev–Trinajstić information content (AvgIpc) is 2.61. The first-order valence-electron chi connectivity index (χ1n) is 8.06. The van der Waals surface area contributed by atoms with Gasteiger partial charge in [0.1, 0.15) is 24.0 Å². The molecule has 0 saturated heterocycles. The summed E-state index contributed by atoms with van der Waals surface area (Å²) in [6.45, 7) is 5.65. The van der Waals surface area contributed by atoms with Crippen LogP contribution in [0, 0.1) is 0 Å². The van der Waals surface area contributed by atoms with E-state index < -0.39 is 0 Å². The summed E-state index contributed by atoms with van der Waals surface area (Å²) < 4.78 is 11.4. The summed E-state index contributed by atoms with van der Waals surface area (Å²) in [5.41, 5.74) is 1.77. The van der Waals surface area contributed by atoms with Crippen LogP contribution >= 0.6 is 23.2 Å². The molecular formula is C18H21Cl2N3O2. The van der Waals surface area contributed by atoms with Gasteiger partial charge in [0.15, 0.2) is 0 Å². The highest BCUT2D eigenvalue weighted by molar-refractivity contribution is 6.32. The molecule has 2 rings (SSSR count). The molecule has 1 N–H and O–H groups in total. The highest BCUT2D eigenvalue weighted by Crippen LogP contribution is 2.27. The number of pyridine rings is 2. The Hall–Kier alpha value is -1.98. The highest BCUT2D eigenvalue weighted by Gasteiger charge is 2.08. The number of likely N-dealkylation sites (N-methyl/N-ethyl adjacent to an activating group) is 1.